The molecule has 0 amide bonds. The quantitative estimate of drug-likeness (QED) is 0.0118. The predicted octanol–water partition coefficient (Wildman–Crippen LogP) is 8.86. The van der Waals surface area contributed by atoms with Crippen molar-refractivity contribution < 1.29 is 71.4 Å². The van der Waals surface area contributed by atoms with Gasteiger partial charge < -0.3 is 45.1 Å². The number of nitrogens with two attached hydrogens (primary N) is 1. The summed E-state index contributed by atoms with van der Waals surface area (Å²) in [7, 11) is -10.9. The van der Waals surface area contributed by atoms with Crippen LogP contribution >= 0.6 is 15.6 Å². The molecule has 2 heterocycles. The van der Waals surface area contributed by atoms with Gasteiger partial charge in [-0.1, -0.05) is 131 Å². The van der Waals surface area contributed by atoms with Crippen molar-refractivity contribution in [2.45, 2.75) is 173 Å². The maximum absolute atomic E-state index is 12.8. The Balaban J connectivity index is 1.87. The molecule has 1 aromatic rings. The van der Waals surface area contributed by atoms with Crippen molar-refractivity contribution in [3.63, 3.8) is 0 Å². The number of ether oxygens (including phenoxy) is 3. The Hall–Kier alpha value is -4.10. The molecule has 21 heteroatoms. The molecular formula is C50H79N3O16P2. The van der Waals surface area contributed by atoms with Crippen LogP contribution in [-0.4, -0.2) is 96.9 Å². The third-order valence-electron chi connectivity index (χ3n) is 10.5. The first-order valence-electron chi connectivity index (χ1n) is 24.7. The number of phosphoric acid groups is 2. The van der Waals surface area contributed by atoms with E-state index >= 15 is 0 Å². The number of carbonyl (C=O) groups is 2. The van der Waals surface area contributed by atoms with Crippen molar-refractivity contribution in [3.05, 3.63) is 108 Å². The lowest BCUT2D eigenvalue weighted by Gasteiger charge is -2.21. The van der Waals surface area contributed by atoms with Crippen molar-refractivity contribution in [2.75, 3.05) is 25.6 Å². The van der Waals surface area contributed by atoms with Crippen LogP contribution in [0.2, 0.25) is 0 Å². The number of unbranched alkanes of at least 4 members (excludes halogenated alkanes) is 9. The van der Waals surface area contributed by atoms with Gasteiger partial charge >= 0.3 is 33.3 Å². The number of carbonyl (C=O) groups excluding carboxylic acids is 2. The second-order valence-electron chi connectivity index (χ2n) is 16.8. The molecule has 1 aliphatic heterocycles. The van der Waals surface area contributed by atoms with Crippen LogP contribution in [0.3, 0.4) is 0 Å². The Bertz CT molecular complexity index is 2040. The van der Waals surface area contributed by atoms with Gasteiger partial charge in [-0.2, -0.15) is 9.29 Å². The largest absolute Gasteiger partial charge is 0.481 e. The first kappa shape index (κ1) is 63.0. The molecule has 0 aromatic carbocycles. The highest BCUT2D eigenvalue weighted by Gasteiger charge is 2.46. The van der Waals surface area contributed by atoms with E-state index in [9.17, 15) is 48.6 Å². The zero-order valence-corrected chi connectivity index (χ0v) is 43.1. The zero-order valence-electron chi connectivity index (χ0n) is 41.4. The molecule has 7 N–H and O–H groups in total. The van der Waals surface area contributed by atoms with E-state index in [1.54, 1.807) is 24.3 Å². The number of nitrogens with zero attached hydrogens (tertiary/aromatic N) is 2. The fourth-order valence-electron chi connectivity index (χ4n) is 6.69. The van der Waals surface area contributed by atoms with Gasteiger partial charge in [0.2, 0.25) is 0 Å². The SMILES string of the molecule is CC/C=C\C/C=C\C/C=C\CCCCCCCC(=O)OC[C@H](COP(=O)(O)OP(=O)(O)OC[C@H]1O[C@@H](n2ccc(N)nc2=O)[C@H](O)[C@@H]1O)OC(=O)CCC/C=C/C=C\C(O)C/C=C\C/C=C\CCCCC. The van der Waals surface area contributed by atoms with Crippen LogP contribution in [0, 0.1) is 0 Å². The van der Waals surface area contributed by atoms with Crippen LogP contribution < -0.4 is 11.4 Å². The Morgan fingerprint density at radius 2 is 1.37 bits per heavy atom. The van der Waals surface area contributed by atoms with Gasteiger partial charge in [0.1, 0.15) is 30.7 Å². The summed E-state index contributed by atoms with van der Waals surface area (Å²) in [4.78, 5) is 61.8. The van der Waals surface area contributed by atoms with Crippen LogP contribution in [0.15, 0.2) is 102 Å². The van der Waals surface area contributed by atoms with E-state index in [0.29, 0.717) is 25.7 Å². The van der Waals surface area contributed by atoms with Crippen LogP contribution in [0.5, 0.6) is 0 Å². The molecule has 0 spiro atoms. The molecule has 1 aliphatic rings. The third kappa shape index (κ3) is 30.5. The lowest BCUT2D eigenvalue weighted by Crippen LogP contribution is -2.36. The van der Waals surface area contributed by atoms with E-state index in [1.165, 1.54) is 25.3 Å². The third-order valence-corrected chi connectivity index (χ3v) is 13.1. The number of aromatic nitrogens is 2. The van der Waals surface area contributed by atoms with E-state index in [-0.39, 0.29) is 18.7 Å². The smallest absolute Gasteiger partial charge is 0.462 e. The Kier molecular flexibility index (Phi) is 33.4. The average Bonchev–Trinajstić information content (AvgIpc) is 3.60. The molecule has 3 unspecified atom stereocenters. The monoisotopic (exact) mass is 1040 g/mol. The topological polar surface area (TPSA) is 286 Å². The fourth-order valence-corrected chi connectivity index (χ4v) is 8.80. The number of hydrogen-bond donors (Lipinski definition) is 6. The molecule has 0 saturated carbocycles. The predicted molar refractivity (Wildman–Crippen MR) is 271 cm³/mol. The van der Waals surface area contributed by atoms with Crippen LogP contribution in [0.4, 0.5) is 5.82 Å². The summed E-state index contributed by atoms with van der Waals surface area (Å²) in [5.74, 6) is -1.47. The first-order chi connectivity index (χ1) is 34.1. The van der Waals surface area contributed by atoms with Crippen molar-refractivity contribution in [3.8, 4) is 0 Å². The number of phosphoric ester groups is 2. The molecule has 1 aromatic heterocycles. The second kappa shape index (κ2) is 37.6. The first-order valence-corrected chi connectivity index (χ1v) is 27.7. The summed E-state index contributed by atoms with van der Waals surface area (Å²) in [6, 6.07) is 1.24. The molecular weight excluding hydrogens is 961 g/mol. The van der Waals surface area contributed by atoms with Gasteiger partial charge in [0.05, 0.1) is 19.3 Å². The number of rotatable bonds is 39. The fraction of sp³-hybridized carbons (Fsp3) is 0.600. The normalized spacial score (nSPS) is 20.3. The highest BCUT2D eigenvalue weighted by atomic mass is 31.3. The van der Waals surface area contributed by atoms with Crippen molar-refractivity contribution in [1.29, 1.82) is 0 Å². The maximum atomic E-state index is 12.8. The molecule has 8 atom stereocenters. The van der Waals surface area contributed by atoms with Crippen LogP contribution in [0.1, 0.15) is 142 Å². The van der Waals surface area contributed by atoms with Gasteiger partial charge in [0.15, 0.2) is 12.3 Å². The lowest BCUT2D eigenvalue weighted by atomic mass is 10.1. The molecule has 0 aliphatic carbocycles. The Morgan fingerprint density at radius 1 is 0.761 bits per heavy atom. The molecule has 2 rings (SSSR count). The summed E-state index contributed by atoms with van der Waals surface area (Å²) < 4.78 is 56.6. The van der Waals surface area contributed by atoms with Crippen molar-refractivity contribution >= 4 is 33.4 Å². The summed E-state index contributed by atoms with van der Waals surface area (Å²) >= 11 is 0. The molecule has 0 radical (unpaired) electrons. The lowest BCUT2D eigenvalue weighted by molar-refractivity contribution is -0.161. The molecule has 1 fully saturated rings. The number of hydrogen-bond acceptors (Lipinski definition) is 16. The van der Waals surface area contributed by atoms with Crippen LogP contribution in [0.25, 0.3) is 0 Å². The summed E-state index contributed by atoms with van der Waals surface area (Å²) in [5.41, 5.74) is 4.57. The van der Waals surface area contributed by atoms with Crippen LogP contribution in [-0.2, 0) is 46.3 Å². The summed E-state index contributed by atoms with van der Waals surface area (Å²) in [6.07, 6.45) is 35.5. The number of anilines is 1. The van der Waals surface area contributed by atoms with E-state index < -0.39 is 89.8 Å². The summed E-state index contributed by atoms with van der Waals surface area (Å²) in [5, 5.41) is 31.1. The number of esters is 2. The standard InChI is InChI=1S/C50H79N3O16P2/c1-3-5-7-9-11-13-14-15-16-17-18-20-22-26-30-34-45(55)64-38-42(67-46(56)35-31-27-23-25-29-33-41(54)32-28-24-21-19-12-10-8-6-4-2)39-65-70(60,61)69-71(62,63)66-40-43-47(57)48(58)49(68-43)53-37-36-44(51)52-50(53)59/h5,7,11-13,15-16,19,23-25,28-29,33,36-37,41-43,47-49,54,57-58H,3-4,6,8-10,14,17-18,20-22,26-27,30-32,34-35,38-40H2,1-2H3,(H,60,61)(H,62,63)(H2,51,52,59)/b7-5-,13-11-,16-15-,19-12-,25-23+,28-24-,33-29-/t41?,42-,43-,47-,48-,49-/m1/s1. The molecule has 19 nitrogen and oxygen atoms in total. The maximum Gasteiger partial charge on any atom is 0.481 e. The minimum Gasteiger partial charge on any atom is -0.462 e. The molecule has 1 saturated heterocycles. The Labute approximate surface area is 419 Å². The van der Waals surface area contributed by atoms with Gasteiger partial charge in [0.25, 0.3) is 0 Å². The minimum absolute atomic E-state index is 0.0734. The van der Waals surface area contributed by atoms with E-state index in [0.717, 1.165) is 75.0 Å². The van der Waals surface area contributed by atoms with E-state index in [1.807, 2.05) is 12.2 Å². The number of nitrogen functional groups attached to an aromatic ring is 1. The number of allylic oxidation sites excluding steroid dienone is 12. The molecule has 0 bridgehead atoms. The zero-order chi connectivity index (χ0) is 52.2. The summed E-state index contributed by atoms with van der Waals surface area (Å²) in [6.45, 7) is 1.84. The second-order valence-corrected chi connectivity index (χ2v) is 19.8. The average molecular weight is 1040 g/mol. The van der Waals surface area contributed by atoms with Crippen molar-refractivity contribution in [1.82, 2.24) is 9.55 Å². The van der Waals surface area contributed by atoms with Gasteiger partial charge in [-0.3, -0.25) is 23.2 Å². The van der Waals surface area contributed by atoms with E-state index in [2.05, 4.69) is 71.8 Å². The molecule has 71 heavy (non-hydrogen) atoms. The highest BCUT2D eigenvalue weighted by Crippen LogP contribution is 2.60. The number of aliphatic hydroxyl groups excluding tert-OH is 3. The van der Waals surface area contributed by atoms with Gasteiger partial charge in [-0.05, 0) is 83.1 Å². The van der Waals surface area contributed by atoms with Gasteiger partial charge in [-0.15, -0.1) is 0 Å². The van der Waals surface area contributed by atoms with Crippen molar-refractivity contribution in [2.24, 2.45) is 0 Å². The molecule has 400 valence electrons. The highest BCUT2D eigenvalue weighted by molar-refractivity contribution is 7.61. The minimum atomic E-state index is -5.46. The number of aliphatic hydroxyl groups is 3. The Morgan fingerprint density at radius 3 is 2.06 bits per heavy atom. The van der Waals surface area contributed by atoms with Gasteiger partial charge in [0, 0.05) is 19.0 Å². The van der Waals surface area contributed by atoms with Gasteiger partial charge in [-0.25, -0.2) is 13.9 Å². The van der Waals surface area contributed by atoms with E-state index in [4.69, 9.17) is 29.0 Å².